The van der Waals surface area contributed by atoms with Gasteiger partial charge in [-0.25, -0.2) is 35.9 Å². The first-order valence-electron chi connectivity index (χ1n) is 7.26. The van der Waals surface area contributed by atoms with Crippen molar-refractivity contribution in [1.29, 1.82) is 0 Å². The highest BCUT2D eigenvalue weighted by Gasteiger charge is 2.25. The molecule has 5 nitrogen and oxygen atoms in total. The molecule has 25 heavy (non-hydrogen) atoms. The Balaban J connectivity index is 1.85. The van der Waals surface area contributed by atoms with E-state index in [4.69, 9.17) is 0 Å². The lowest BCUT2D eigenvalue weighted by Crippen LogP contribution is -2.32. The monoisotopic (exact) mass is 375 g/mol. The minimum Gasteiger partial charge on any atom is -0.294 e. The summed E-state index contributed by atoms with van der Waals surface area (Å²) in [6.07, 6.45) is 2.65. The molecule has 1 aliphatic rings. The third-order valence-electron chi connectivity index (χ3n) is 3.91. The highest BCUT2D eigenvalue weighted by atomic mass is 32.2. The Hall–Kier alpha value is -2.07. The smallest absolute Gasteiger partial charge is 0.246 e. The number of rotatable bonds is 3. The lowest BCUT2D eigenvalue weighted by molar-refractivity contribution is 0.232. The number of nitrogens with zero attached hydrogens (tertiary/aromatic N) is 3. The summed E-state index contributed by atoms with van der Waals surface area (Å²) in [6, 6.07) is 0.167. The van der Waals surface area contributed by atoms with Crippen molar-refractivity contribution in [2.24, 2.45) is 0 Å². The van der Waals surface area contributed by atoms with Crippen LogP contribution in [0.3, 0.4) is 0 Å². The van der Waals surface area contributed by atoms with Crippen LogP contribution < -0.4 is 0 Å². The van der Waals surface area contributed by atoms with E-state index < -0.39 is 38.7 Å². The Morgan fingerprint density at radius 2 is 1.80 bits per heavy atom. The van der Waals surface area contributed by atoms with Gasteiger partial charge in [0.15, 0.2) is 23.3 Å². The van der Waals surface area contributed by atoms with Gasteiger partial charge in [-0.15, -0.1) is 0 Å². The molecule has 0 bridgehead atoms. The van der Waals surface area contributed by atoms with Crippen LogP contribution in [0, 0.1) is 23.3 Å². The molecule has 0 saturated heterocycles. The second-order valence-corrected chi connectivity index (χ2v) is 7.71. The van der Waals surface area contributed by atoms with E-state index >= 15 is 0 Å². The van der Waals surface area contributed by atoms with Gasteiger partial charge < -0.3 is 0 Å². The third kappa shape index (κ3) is 3.49. The summed E-state index contributed by atoms with van der Waals surface area (Å²) in [5, 5.41) is -0.288. The molecule has 0 saturated carbocycles. The van der Waals surface area contributed by atoms with Gasteiger partial charge >= 0.3 is 0 Å². The molecule has 0 atom stereocenters. The zero-order valence-electron chi connectivity index (χ0n) is 13.1. The van der Waals surface area contributed by atoms with Crippen LogP contribution in [0.1, 0.15) is 16.8 Å². The summed E-state index contributed by atoms with van der Waals surface area (Å²) in [5.41, 5.74) is 0.434. The van der Waals surface area contributed by atoms with Gasteiger partial charge in [0.25, 0.3) is 0 Å². The van der Waals surface area contributed by atoms with Crippen molar-refractivity contribution in [3.05, 3.63) is 52.4 Å². The van der Waals surface area contributed by atoms with Crippen LogP contribution >= 0.6 is 0 Å². The van der Waals surface area contributed by atoms with Gasteiger partial charge in [-0.05, 0) is 0 Å². The van der Waals surface area contributed by atoms with Gasteiger partial charge in [0.05, 0.1) is 5.69 Å². The molecule has 0 fully saturated rings. The van der Waals surface area contributed by atoms with Gasteiger partial charge in [0, 0.05) is 55.7 Å². The Labute approximate surface area is 141 Å². The highest BCUT2D eigenvalue weighted by Crippen LogP contribution is 2.24. The van der Waals surface area contributed by atoms with Crippen LogP contribution in [0.2, 0.25) is 0 Å². The molecule has 2 heterocycles. The van der Waals surface area contributed by atoms with Gasteiger partial charge in [0.1, 0.15) is 0 Å². The predicted octanol–water partition coefficient (Wildman–Crippen LogP) is 1.99. The fourth-order valence-corrected chi connectivity index (χ4v) is 3.18. The van der Waals surface area contributed by atoms with Crippen LogP contribution in [0.5, 0.6) is 0 Å². The van der Waals surface area contributed by atoms with Crippen LogP contribution in [-0.4, -0.2) is 36.1 Å². The minimum absolute atomic E-state index is 0.167. The second-order valence-electron chi connectivity index (χ2n) is 5.80. The standard InChI is InChI=1S/C15H13F4N3O2S/c1-25(23,24)15-20-5-8-6-22(3-2-12(8)21-15)7-9-13(18)10(16)4-11(17)14(9)19/h4-5H,2-3,6-7H2,1H3. The van der Waals surface area contributed by atoms with E-state index in [1.165, 1.54) is 6.20 Å². The first kappa shape index (κ1) is 17.7. The fourth-order valence-electron chi connectivity index (χ4n) is 2.65. The first-order chi connectivity index (χ1) is 11.7. The molecule has 0 N–H and O–H groups in total. The van der Waals surface area contributed by atoms with Gasteiger partial charge in [-0.2, -0.15) is 0 Å². The van der Waals surface area contributed by atoms with Crippen molar-refractivity contribution < 1.29 is 26.0 Å². The van der Waals surface area contributed by atoms with Crippen LogP contribution in [0.4, 0.5) is 17.6 Å². The molecule has 1 aliphatic heterocycles. The average molecular weight is 375 g/mol. The number of aromatic nitrogens is 2. The maximum Gasteiger partial charge on any atom is 0.246 e. The van der Waals surface area contributed by atoms with E-state index in [9.17, 15) is 26.0 Å². The van der Waals surface area contributed by atoms with Crippen molar-refractivity contribution >= 4 is 9.84 Å². The van der Waals surface area contributed by atoms with E-state index in [0.29, 0.717) is 24.2 Å². The molecule has 3 rings (SSSR count). The van der Waals surface area contributed by atoms with Crippen molar-refractivity contribution in [2.45, 2.75) is 24.7 Å². The van der Waals surface area contributed by atoms with Gasteiger partial charge in [-0.1, -0.05) is 0 Å². The molecule has 0 radical (unpaired) electrons. The summed E-state index contributed by atoms with van der Waals surface area (Å²) in [4.78, 5) is 9.35. The third-order valence-corrected chi connectivity index (χ3v) is 4.77. The summed E-state index contributed by atoms with van der Waals surface area (Å²) in [5.74, 6) is -5.75. The number of hydrogen-bond donors (Lipinski definition) is 0. The lowest BCUT2D eigenvalue weighted by atomic mass is 10.1. The Kier molecular flexibility index (Phi) is 4.50. The molecule has 2 aromatic rings. The largest absolute Gasteiger partial charge is 0.294 e. The molecule has 0 unspecified atom stereocenters. The Morgan fingerprint density at radius 3 is 2.40 bits per heavy atom. The van der Waals surface area contributed by atoms with Gasteiger partial charge in [0.2, 0.25) is 15.0 Å². The van der Waals surface area contributed by atoms with Crippen molar-refractivity contribution in [2.75, 3.05) is 12.8 Å². The molecular weight excluding hydrogens is 362 g/mol. The Bertz CT molecular complexity index is 924. The number of benzene rings is 1. The zero-order valence-corrected chi connectivity index (χ0v) is 13.9. The molecule has 0 spiro atoms. The van der Waals surface area contributed by atoms with Crippen molar-refractivity contribution in [3.8, 4) is 0 Å². The van der Waals surface area contributed by atoms with Crippen molar-refractivity contribution in [3.63, 3.8) is 0 Å². The normalized spacial score (nSPS) is 15.2. The van der Waals surface area contributed by atoms with E-state index in [0.717, 1.165) is 6.26 Å². The molecule has 0 amide bonds. The second kappa shape index (κ2) is 6.34. The summed E-state index contributed by atoms with van der Waals surface area (Å²) in [7, 11) is -3.54. The fraction of sp³-hybridized carbons (Fsp3) is 0.333. The first-order valence-corrected chi connectivity index (χ1v) is 9.15. The summed E-state index contributed by atoms with van der Waals surface area (Å²) in [6.45, 7) is 0.139. The highest BCUT2D eigenvalue weighted by molar-refractivity contribution is 7.90. The zero-order chi connectivity index (χ0) is 18.4. The number of sulfone groups is 1. The molecule has 134 valence electrons. The number of hydrogen-bond acceptors (Lipinski definition) is 5. The van der Waals surface area contributed by atoms with Crippen LogP contribution in [-0.2, 0) is 29.3 Å². The summed E-state index contributed by atoms with van der Waals surface area (Å²) >= 11 is 0. The minimum atomic E-state index is -3.54. The molecular formula is C15H13F4N3O2S. The maximum atomic E-state index is 13.8. The van der Waals surface area contributed by atoms with E-state index in [1.807, 2.05) is 0 Å². The molecule has 0 aliphatic carbocycles. The van der Waals surface area contributed by atoms with Crippen LogP contribution in [0.25, 0.3) is 0 Å². The molecule has 1 aromatic heterocycles. The Morgan fingerprint density at radius 1 is 1.16 bits per heavy atom. The SMILES string of the molecule is CS(=O)(=O)c1ncc2c(n1)CCN(Cc1c(F)c(F)cc(F)c1F)C2. The summed E-state index contributed by atoms with van der Waals surface area (Å²) < 4.78 is 77.1. The average Bonchev–Trinajstić information content (AvgIpc) is 2.55. The van der Waals surface area contributed by atoms with E-state index in [-0.39, 0.29) is 24.3 Å². The predicted molar refractivity (Wildman–Crippen MR) is 79.2 cm³/mol. The molecule has 1 aromatic carbocycles. The van der Waals surface area contributed by atoms with E-state index in [2.05, 4.69) is 9.97 Å². The van der Waals surface area contributed by atoms with Gasteiger partial charge in [-0.3, -0.25) is 4.90 Å². The van der Waals surface area contributed by atoms with Crippen LogP contribution in [0.15, 0.2) is 17.4 Å². The number of fused-ring (bicyclic) bond motifs is 1. The topological polar surface area (TPSA) is 63.2 Å². The lowest BCUT2D eigenvalue weighted by Gasteiger charge is -2.28. The number of halogens is 4. The van der Waals surface area contributed by atoms with E-state index in [1.54, 1.807) is 4.90 Å². The van der Waals surface area contributed by atoms with Crippen molar-refractivity contribution in [1.82, 2.24) is 14.9 Å². The quantitative estimate of drug-likeness (QED) is 0.467. The molecule has 10 heteroatoms. The maximum absolute atomic E-state index is 13.8.